The van der Waals surface area contributed by atoms with Gasteiger partial charge in [0.1, 0.15) is 11.6 Å². The molecule has 0 spiro atoms. The highest BCUT2D eigenvalue weighted by atomic mass is 35.5. The van der Waals surface area contributed by atoms with E-state index < -0.39 is 0 Å². The van der Waals surface area contributed by atoms with Crippen molar-refractivity contribution in [3.05, 3.63) is 71.2 Å². The van der Waals surface area contributed by atoms with Crippen LogP contribution in [0, 0.1) is 11.3 Å². The summed E-state index contributed by atoms with van der Waals surface area (Å²) in [5.41, 5.74) is 3.84. The van der Waals surface area contributed by atoms with Crippen molar-refractivity contribution in [3.63, 3.8) is 0 Å². The Morgan fingerprint density at radius 3 is 2.35 bits per heavy atom. The molecule has 0 fully saturated rings. The zero-order valence-electron chi connectivity index (χ0n) is 14.5. The standard InChI is InChI=1S/C21H17ClN4/c1-26(2)14-24-21-19(13-23)18(15-8-10-17(22)11-9-15)12-20(25-21)16-6-4-3-5-7-16/h3-12,14H,1-2H3/b24-14+. The Hall–Kier alpha value is -3.16. The summed E-state index contributed by atoms with van der Waals surface area (Å²) in [7, 11) is 3.74. The lowest BCUT2D eigenvalue weighted by Crippen LogP contribution is -2.07. The van der Waals surface area contributed by atoms with Gasteiger partial charge in [0.15, 0.2) is 5.82 Å². The van der Waals surface area contributed by atoms with Gasteiger partial charge in [-0.2, -0.15) is 5.26 Å². The minimum atomic E-state index is 0.396. The Kier molecular flexibility index (Phi) is 5.31. The summed E-state index contributed by atoms with van der Waals surface area (Å²) in [5, 5.41) is 10.4. The highest BCUT2D eigenvalue weighted by Gasteiger charge is 2.15. The Morgan fingerprint density at radius 1 is 1.04 bits per heavy atom. The van der Waals surface area contributed by atoms with Crippen LogP contribution in [0.15, 0.2) is 65.7 Å². The molecule has 3 rings (SSSR count). The summed E-state index contributed by atoms with van der Waals surface area (Å²) in [6.07, 6.45) is 1.64. The molecule has 0 bridgehead atoms. The first kappa shape index (κ1) is 17.7. The Bertz CT molecular complexity index is 971. The van der Waals surface area contributed by atoms with Crippen molar-refractivity contribution >= 4 is 23.8 Å². The molecule has 26 heavy (non-hydrogen) atoms. The molecular formula is C21H17ClN4. The average molecular weight is 361 g/mol. The van der Waals surface area contributed by atoms with Crippen LogP contribution >= 0.6 is 11.6 Å². The smallest absolute Gasteiger partial charge is 0.172 e. The summed E-state index contributed by atoms with van der Waals surface area (Å²) in [5.74, 6) is 0.396. The first-order valence-electron chi connectivity index (χ1n) is 8.05. The fraction of sp³-hybridized carbons (Fsp3) is 0.0952. The summed E-state index contributed by atoms with van der Waals surface area (Å²) in [6, 6.07) is 21.4. The van der Waals surface area contributed by atoms with E-state index >= 15 is 0 Å². The van der Waals surface area contributed by atoms with Crippen LogP contribution in [0.3, 0.4) is 0 Å². The van der Waals surface area contributed by atoms with Crippen LogP contribution in [-0.4, -0.2) is 30.3 Å². The van der Waals surface area contributed by atoms with Crippen LogP contribution in [0.25, 0.3) is 22.4 Å². The maximum Gasteiger partial charge on any atom is 0.172 e. The Labute approximate surface area is 158 Å². The summed E-state index contributed by atoms with van der Waals surface area (Å²) in [4.78, 5) is 10.8. The molecule has 0 atom stereocenters. The van der Waals surface area contributed by atoms with Gasteiger partial charge in [0.25, 0.3) is 0 Å². The van der Waals surface area contributed by atoms with Gasteiger partial charge in [-0.1, -0.05) is 54.1 Å². The average Bonchev–Trinajstić information content (AvgIpc) is 2.67. The van der Waals surface area contributed by atoms with E-state index in [4.69, 9.17) is 11.6 Å². The third-order valence-electron chi connectivity index (χ3n) is 3.75. The zero-order valence-corrected chi connectivity index (χ0v) is 15.3. The molecule has 0 aliphatic carbocycles. The normalized spacial score (nSPS) is 10.7. The van der Waals surface area contributed by atoms with Crippen molar-refractivity contribution in [1.29, 1.82) is 5.26 Å². The molecule has 0 N–H and O–H groups in total. The van der Waals surface area contributed by atoms with Gasteiger partial charge in [-0.25, -0.2) is 9.98 Å². The van der Waals surface area contributed by atoms with E-state index in [2.05, 4.69) is 16.0 Å². The molecule has 1 aromatic heterocycles. The van der Waals surface area contributed by atoms with Gasteiger partial charge in [0, 0.05) is 30.2 Å². The lowest BCUT2D eigenvalue weighted by atomic mass is 9.98. The van der Waals surface area contributed by atoms with Crippen LogP contribution in [0.4, 0.5) is 5.82 Å². The minimum Gasteiger partial charge on any atom is -0.369 e. The minimum absolute atomic E-state index is 0.396. The topological polar surface area (TPSA) is 52.3 Å². The van der Waals surface area contributed by atoms with Crippen LogP contribution in [0.2, 0.25) is 5.02 Å². The van der Waals surface area contributed by atoms with Crippen molar-refractivity contribution in [2.75, 3.05) is 14.1 Å². The van der Waals surface area contributed by atoms with Gasteiger partial charge in [-0.05, 0) is 23.8 Å². The second kappa shape index (κ2) is 7.81. The zero-order chi connectivity index (χ0) is 18.5. The van der Waals surface area contributed by atoms with E-state index in [9.17, 15) is 5.26 Å². The number of hydrogen-bond donors (Lipinski definition) is 0. The number of nitrogens with zero attached hydrogens (tertiary/aromatic N) is 4. The summed E-state index contributed by atoms with van der Waals surface area (Å²) >= 11 is 6.01. The van der Waals surface area contributed by atoms with Crippen LogP contribution in [0.1, 0.15) is 5.56 Å². The van der Waals surface area contributed by atoms with E-state index in [0.717, 1.165) is 22.4 Å². The molecule has 4 nitrogen and oxygen atoms in total. The molecule has 0 saturated heterocycles. The third-order valence-corrected chi connectivity index (χ3v) is 4.00. The van der Waals surface area contributed by atoms with Crippen molar-refractivity contribution < 1.29 is 0 Å². The first-order valence-corrected chi connectivity index (χ1v) is 8.43. The fourth-order valence-corrected chi connectivity index (χ4v) is 2.65. The molecule has 0 aliphatic rings. The van der Waals surface area contributed by atoms with E-state index in [0.29, 0.717) is 16.4 Å². The number of rotatable bonds is 4. The number of pyridine rings is 1. The molecule has 5 heteroatoms. The first-order chi connectivity index (χ1) is 12.6. The predicted octanol–water partition coefficient (Wildman–Crippen LogP) is 5.16. The van der Waals surface area contributed by atoms with Crippen molar-refractivity contribution in [2.24, 2.45) is 4.99 Å². The van der Waals surface area contributed by atoms with Crippen molar-refractivity contribution in [2.45, 2.75) is 0 Å². The quantitative estimate of drug-likeness (QED) is 0.477. The predicted molar refractivity (Wildman–Crippen MR) is 107 cm³/mol. The van der Waals surface area contributed by atoms with Gasteiger partial charge in [-0.3, -0.25) is 0 Å². The highest BCUT2D eigenvalue weighted by molar-refractivity contribution is 6.30. The SMILES string of the molecule is CN(C)/C=N/c1nc(-c2ccccc2)cc(-c2ccc(Cl)cc2)c1C#N. The molecule has 3 aromatic rings. The molecule has 0 amide bonds. The number of nitriles is 1. The van der Waals surface area contributed by atoms with Gasteiger partial charge < -0.3 is 4.90 Å². The highest BCUT2D eigenvalue weighted by Crippen LogP contribution is 2.33. The van der Waals surface area contributed by atoms with Crippen LogP contribution in [-0.2, 0) is 0 Å². The molecule has 1 heterocycles. The lowest BCUT2D eigenvalue weighted by molar-refractivity contribution is 0.643. The van der Waals surface area contributed by atoms with Gasteiger partial charge >= 0.3 is 0 Å². The molecule has 128 valence electrons. The molecular weight excluding hydrogens is 344 g/mol. The number of aromatic nitrogens is 1. The Morgan fingerprint density at radius 2 is 1.73 bits per heavy atom. The lowest BCUT2D eigenvalue weighted by Gasteiger charge is -2.11. The molecule has 0 unspecified atom stereocenters. The largest absolute Gasteiger partial charge is 0.369 e. The fourth-order valence-electron chi connectivity index (χ4n) is 2.52. The van der Waals surface area contributed by atoms with E-state index in [1.165, 1.54) is 0 Å². The van der Waals surface area contributed by atoms with Crippen LogP contribution in [0.5, 0.6) is 0 Å². The van der Waals surface area contributed by atoms with Crippen molar-refractivity contribution in [1.82, 2.24) is 9.88 Å². The van der Waals surface area contributed by atoms with E-state index in [-0.39, 0.29) is 0 Å². The van der Waals surface area contributed by atoms with Gasteiger partial charge in [0.05, 0.1) is 12.0 Å². The maximum absolute atomic E-state index is 9.74. The number of halogens is 1. The number of benzene rings is 2. The maximum atomic E-state index is 9.74. The number of aliphatic imine (C=N–C) groups is 1. The molecule has 0 aliphatic heterocycles. The van der Waals surface area contributed by atoms with Gasteiger partial charge in [0.2, 0.25) is 0 Å². The molecule has 0 radical (unpaired) electrons. The van der Waals surface area contributed by atoms with E-state index in [1.54, 1.807) is 11.2 Å². The monoisotopic (exact) mass is 360 g/mol. The van der Waals surface area contributed by atoms with Gasteiger partial charge in [-0.15, -0.1) is 0 Å². The van der Waals surface area contributed by atoms with Crippen LogP contribution < -0.4 is 0 Å². The molecule has 0 saturated carbocycles. The molecule has 2 aromatic carbocycles. The summed E-state index contributed by atoms with van der Waals surface area (Å²) < 4.78 is 0. The third kappa shape index (κ3) is 3.90. The Balaban J connectivity index is 2.25. The second-order valence-electron chi connectivity index (χ2n) is 5.95. The van der Waals surface area contributed by atoms with E-state index in [1.807, 2.05) is 74.8 Å². The number of hydrogen-bond acceptors (Lipinski definition) is 3. The summed E-state index contributed by atoms with van der Waals surface area (Å²) in [6.45, 7) is 0. The second-order valence-corrected chi connectivity index (χ2v) is 6.38. The van der Waals surface area contributed by atoms with Crippen molar-refractivity contribution in [3.8, 4) is 28.5 Å².